The third-order valence-corrected chi connectivity index (χ3v) is 2.47. The van der Waals surface area contributed by atoms with Crippen LogP contribution >= 0.6 is 0 Å². The number of nitrogens with one attached hydrogen (secondary N) is 1. The molecule has 1 aliphatic carbocycles. The van der Waals surface area contributed by atoms with Crippen molar-refractivity contribution >= 4 is 0 Å². The SMILES string of the molecule is COCc1cccc(CNC2CC2)c1. The van der Waals surface area contributed by atoms with Crippen molar-refractivity contribution in [2.75, 3.05) is 7.11 Å². The van der Waals surface area contributed by atoms with Crippen LogP contribution in [-0.4, -0.2) is 13.2 Å². The maximum absolute atomic E-state index is 5.10. The largest absolute Gasteiger partial charge is 0.380 e. The summed E-state index contributed by atoms with van der Waals surface area (Å²) >= 11 is 0. The van der Waals surface area contributed by atoms with Crippen molar-refractivity contribution in [3.05, 3.63) is 35.4 Å². The molecule has 0 amide bonds. The second-order valence-electron chi connectivity index (χ2n) is 3.91. The average Bonchev–Trinajstić information content (AvgIpc) is 2.99. The molecule has 0 unspecified atom stereocenters. The summed E-state index contributed by atoms with van der Waals surface area (Å²) in [7, 11) is 1.73. The number of hydrogen-bond acceptors (Lipinski definition) is 2. The Bertz CT molecular complexity index is 294. The number of ether oxygens (including phenoxy) is 1. The molecular formula is C12H17NO. The lowest BCUT2D eigenvalue weighted by atomic mass is 10.1. The molecule has 1 aromatic carbocycles. The minimum Gasteiger partial charge on any atom is -0.380 e. The van der Waals surface area contributed by atoms with Gasteiger partial charge in [0.25, 0.3) is 0 Å². The Labute approximate surface area is 85.3 Å². The van der Waals surface area contributed by atoms with Crippen molar-refractivity contribution in [1.82, 2.24) is 5.32 Å². The molecule has 0 heterocycles. The monoisotopic (exact) mass is 191 g/mol. The molecule has 0 atom stereocenters. The Balaban J connectivity index is 1.90. The van der Waals surface area contributed by atoms with Crippen LogP contribution < -0.4 is 5.32 Å². The van der Waals surface area contributed by atoms with E-state index in [1.54, 1.807) is 7.11 Å². The van der Waals surface area contributed by atoms with E-state index in [2.05, 4.69) is 29.6 Å². The lowest BCUT2D eigenvalue weighted by Crippen LogP contribution is -2.15. The first kappa shape index (κ1) is 9.69. The minimum atomic E-state index is 0.706. The summed E-state index contributed by atoms with van der Waals surface area (Å²) in [6.07, 6.45) is 2.69. The van der Waals surface area contributed by atoms with Crippen LogP contribution in [0.1, 0.15) is 24.0 Å². The van der Waals surface area contributed by atoms with Gasteiger partial charge in [0, 0.05) is 19.7 Å². The van der Waals surface area contributed by atoms with E-state index in [0.717, 1.165) is 12.6 Å². The molecule has 76 valence electrons. The first-order valence-electron chi connectivity index (χ1n) is 5.18. The maximum atomic E-state index is 5.10. The molecule has 0 bridgehead atoms. The summed E-state index contributed by atoms with van der Waals surface area (Å²) in [5.41, 5.74) is 2.61. The molecule has 14 heavy (non-hydrogen) atoms. The predicted molar refractivity (Wildman–Crippen MR) is 57.0 cm³/mol. The minimum absolute atomic E-state index is 0.706. The lowest BCUT2D eigenvalue weighted by molar-refractivity contribution is 0.185. The van der Waals surface area contributed by atoms with Crippen LogP contribution in [0.5, 0.6) is 0 Å². The second-order valence-corrected chi connectivity index (χ2v) is 3.91. The van der Waals surface area contributed by atoms with Gasteiger partial charge in [0.05, 0.1) is 6.61 Å². The summed E-state index contributed by atoms with van der Waals surface area (Å²) in [6.45, 7) is 1.69. The molecule has 1 fully saturated rings. The molecule has 1 aromatic rings. The highest BCUT2D eigenvalue weighted by Gasteiger charge is 2.19. The van der Waals surface area contributed by atoms with Gasteiger partial charge < -0.3 is 10.1 Å². The smallest absolute Gasteiger partial charge is 0.0713 e. The zero-order valence-electron chi connectivity index (χ0n) is 8.62. The van der Waals surface area contributed by atoms with Crippen LogP contribution in [0.4, 0.5) is 0 Å². The van der Waals surface area contributed by atoms with Gasteiger partial charge in [-0.25, -0.2) is 0 Å². The van der Waals surface area contributed by atoms with E-state index in [0.29, 0.717) is 6.61 Å². The van der Waals surface area contributed by atoms with E-state index >= 15 is 0 Å². The van der Waals surface area contributed by atoms with E-state index in [4.69, 9.17) is 4.74 Å². The van der Waals surface area contributed by atoms with Crippen molar-refractivity contribution in [2.45, 2.75) is 32.0 Å². The normalized spacial score (nSPS) is 15.8. The second kappa shape index (κ2) is 4.58. The van der Waals surface area contributed by atoms with Crippen LogP contribution in [-0.2, 0) is 17.9 Å². The third-order valence-electron chi connectivity index (χ3n) is 2.47. The fourth-order valence-electron chi connectivity index (χ4n) is 1.55. The zero-order chi connectivity index (χ0) is 9.80. The highest BCUT2D eigenvalue weighted by atomic mass is 16.5. The lowest BCUT2D eigenvalue weighted by Gasteiger charge is -2.05. The molecule has 0 aromatic heterocycles. The molecule has 0 spiro atoms. The highest BCUT2D eigenvalue weighted by Crippen LogP contribution is 2.19. The molecule has 2 heteroatoms. The molecule has 1 N–H and O–H groups in total. The van der Waals surface area contributed by atoms with E-state index in [9.17, 15) is 0 Å². The standard InChI is InChI=1S/C12H17NO/c1-14-9-11-4-2-3-10(7-11)8-13-12-5-6-12/h2-4,7,12-13H,5-6,8-9H2,1H3. The number of methoxy groups -OCH3 is 1. The van der Waals surface area contributed by atoms with Crippen LogP contribution in [0.25, 0.3) is 0 Å². The third kappa shape index (κ3) is 2.82. The van der Waals surface area contributed by atoms with Crippen LogP contribution in [0.3, 0.4) is 0 Å². The van der Waals surface area contributed by atoms with Crippen molar-refractivity contribution in [3.8, 4) is 0 Å². The Hall–Kier alpha value is -0.860. The Morgan fingerprint density at radius 2 is 2.14 bits per heavy atom. The summed E-state index contributed by atoms with van der Waals surface area (Å²) in [5, 5.41) is 3.50. The summed E-state index contributed by atoms with van der Waals surface area (Å²) in [4.78, 5) is 0. The van der Waals surface area contributed by atoms with Gasteiger partial charge in [-0.1, -0.05) is 24.3 Å². The van der Waals surface area contributed by atoms with Crippen LogP contribution in [0, 0.1) is 0 Å². The molecule has 0 saturated heterocycles. The van der Waals surface area contributed by atoms with Crippen molar-refractivity contribution in [3.63, 3.8) is 0 Å². The summed E-state index contributed by atoms with van der Waals surface area (Å²) in [5.74, 6) is 0. The molecule has 0 radical (unpaired) electrons. The number of benzene rings is 1. The first-order valence-corrected chi connectivity index (χ1v) is 5.18. The Kier molecular flexibility index (Phi) is 3.17. The fourth-order valence-corrected chi connectivity index (χ4v) is 1.55. The Morgan fingerprint density at radius 1 is 1.36 bits per heavy atom. The van der Waals surface area contributed by atoms with Gasteiger partial charge in [-0.2, -0.15) is 0 Å². The van der Waals surface area contributed by atoms with E-state index in [1.807, 2.05) is 0 Å². The quantitative estimate of drug-likeness (QED) is 0.769. The van der Waals surface area contributed by atoms with Crippen LogP contribution in [0.2, 0.25) is 0 Å². The summed E-state index contributed by atoms with van der Waals surface area (Å²) in [6, 6.07) is 9.34. The molecule has 1 aliphatic rings. The van der Waals surface area contributed by atoms with Gasteiger partial charge in [-0.15, -0.1) is 0 Å². The maximum Gasteiger partial charge on any atom is 0.0713 e. The predicted octanol–water partition coefficient (Wildman–Crippen LogP) is 2.08. The zero-order valence-corrected chi connectivity index (χ0v) is 8.62. The van der Waals surface area contributed by atoms with Crippen LogP contribution in [0.15, 0.2) is 24.3 Å². The molecule has 1 saturated carbocycles. The van der Waals surface area contributed by atoms with Gasteiger partial charge in [0.15, 0.2) is 0 Å². The molecule has 0 aliphatic heterocycles. The van der Waals surface area contributed by atoms with Gasteiger partial charge >= 0.3 is 0 Å². The van der Waals surface area contributed by atoms with Gasteiger partial charge in [0.2, 0.25) is 0 Å². The summed E-state index contributed by atoms with van der Waals surface area (Å²) < 4.78 is 5.10. The average molecular weight is 191 g/mol. The van der Waals surface area contributed by atoms with Gasteiger partial charge in [-0.3, -0.25) is 0 Å². The fraction of sp³-hybridized carbons (Fsp3) is 0.500. The van der Waals surface area contributed by atoms with E-state index in [-0.39, 0.29) is 0 Å². The van der Waals surface area contributed by atoms with E-state index < -0.39 is 0 Å². The van der Waals surface area contributed by atoms with Crippen molar-refractivity contribution < 1.29 is 4.74 Å². The topological polar surface area (TPSA) is 21.3 Å². The van der Waals surface area contributed by atoms with E-state index in [1.165, 1.54) is 24.0 Å². The van der Waals surface area contributed by atoms with Crippen molar-refractivity contribution in [1.29, 1.82) is 0 Å². The molecular weight excluding hydrogens is 174 g/mol. The number of rotatable bonds is 5. The van der Waals surface area contributed by atoms with Gasteiger partial charge in [-0.05, 0) is 24.0 Å². The van der Waals surface area contributed by atoms with Gasteiger partial charge in [0.1, 0.15) is 0 Å². The van der Waals surface area contributed by atoms with Crippen molar-refractivity contribution in [2.24, 2.45) is 0 Å². The Morgan fingerprint density at radius 3 is 2.86 bits per heavy atom. The number of hydrogen-bond donors (Lipinski definition) is 1. The molecule has 2 nitrogen and oxygen atoms in total. The highest BCUT2D eigenvalue weighted by molar-refractivity contribution is 5.23. The molecule has 2 rings (SSSR count). The first-order chi connectivity index (χ1) is 6.88.